The number of ketones is 1. The molecule has 3 nitrogen and oxygen atoms in total. The van der Waals surface area contributed by atoms with Gasteiger partial charge in [0, 0.05) is 25.1 Å². The first-order valence-electron chi connectivity index (χ1n) is 7.20. The molecule has 2 rings (SSSR count). The molecule has 1 heterocycles. The van der Waals surface area contributed by atoms with E-state index < -0.39 is 0 Å². The fourth-order valence-corrected chi connectivity index (χ4v) is 2.20. The Hall–Kier alpha value is -1.61. The predicted molar refractivity (Wildman–Crippen MR) is 81.9 cm³/mol. The monoisotopic (exact) mass is 273 g/mol. The summed E-state index contributed by atoms with van der Waals surface area (Å²) < 4.78 is 5.72. The summed E-state index contributed by atoms with van der Waals surface area (Å²) >= 11 is 0. The second-order valence-electron chi connectivity index (χ2n) is 5.86. The van der Waals surface area contributed by atoms with Crippen LogP contribution in [0.5, 0.6) is 5.75 Å². The van der Waals surface area contributed by atoms with Crippen molar-refractivity contribution in [3.05, 3.63) is 35.4 Å². The molecule has 1 aliphatic rings. The number of likely N-dealkylation sites (N-methyl/N-ethyl adjacent to an activating group) is 1. The lowest BCUT2D eigenvalue weighted by molar-refractivity contribution is -0.117. The summed E-state index contributed by atoms with van der Waals surface area (Å²) in [6, 6.07) is 7.94. The van der Waals surface area contributed by atoms with Crippen molar-refractivity contribution in [2.45, 2.75) is 20.3 Å². The van der Waals surface area contributed by atoms with E-state index in [9.17, 15) is 4.79 Å². The van der Waals surface area contributed by atoms with Crippen molar-refractivity contribution in [3.63, 3.8) is 0 Å². The van der Waals surface area contributed by atoms with Gasteiger partial charge in [-0.15, -0.1) is 0 Å². The van der Waals surface area contributed by atoms with E-state index in [0.29, 0.717) is 18.9 Å². The van der Waals surface area contributed by atoms with E-state index in [0.717, 1.165) is 30.0 Å². The minimum absolute atomic E-state index is 0.261. The standard InChI is InChI=1S/C17H23NO2/c1-13(2)12-20-16-6-4-5-14(10-16)9-15-11-18(3)8-7-17(15)19/h4-6,9-10,13H,7-8,11-12H2,1-3H3/b15-9+. The van der Waals surface area contributed by atoms with Crippen LogP contribution in [0, 0.1) is 5.92 Å². The van der Waals surface area contributed by atoms with Gasteiger partial charge < -0.3 is 9.64 Å². The van der Waals surface area contributed by atoms with Gasteiger partial charge in [-0.2, -0.15) is 0 Å². The molecule has 1 aromatic rings. The summed E-state index contributed by atoms with van der Waals surface area (Å²) in [7, 11) is 2.04. The molecule has 0 aromatic heterocycles. The van der Waals surface area contributed by atoms with Gasteiger partial charge >= 0.3 is 0 Å². The third kappa shape index (κ3) is 4.20. The van der Waals surface area contributed by atoms with E-state index in [4.69, 9.17) is 4.74 Å². The van der Waals surface area contributed by atoms with Gasteiger partial charge in [0.15, 0.2) is 5.78 Å². The van der Waals surface area contributed by atoms with Gasteiger partial charge in [0.2, 0.25) is 0 Å². The number of hydrogen-bond acceptors (Lipinski definition) is 3. The lowest BCUT2D eigenvalue weighted by Gasteiger charge is -2.23. The van der Waals surface area contributed by atoms with Crippen LogP contribution in [0.2, 0.25) is 0 Å². The Balaban J connectivity index is 2.12. The second kappa shape index (κ2) is 6.71. The normalized spacial score (nSPS) is 18.8. The van der Waals surface area contributed by atoms with Crippen molar-refractivity contribution in [2.75, 3.05) is 26.7 Å². The van der Waals surface area contributed by atoms with Crippen molar-refractivity contribution >= 4 is 11.9 Å². The summed E-state index contributed by atoms with van der Waals surface area (Å²) in [6.07, 6.45) is 2.60. The maximum absolute atomic E-state index is 11.9. The molecule has 3 heteroatoms. The Morgan fingerprint density at radius 3 is 2.95 bits per heavy atom. The largest absolute Gasteiger partial charge is 0.493 e. The highest BCUT2D eigenvalue weighted by Gasteiger charge is 2.18. The summed E-state index contributed by atoms with van der Waals surface area (Å²) in [5.74, 6) is 1.63. The minimum Gasteiger partial charge on any atom is -0.493 e. The molecule has 20 heavy (non-hydrogen) atoms. The lowest BCUT2D eigenvalue weighted by atomic mass is 10.0. The lowest BCUT2D eigenvalue weighted by Crippen LogP contribution is -2.32. The number of rotatable bonds is 4. The predicted octanol–water partition coefficient (Wildman–Crippen LogP) is 3.01. The van der Waals surface area contributed by atoms with E-state index in [-0.39, 0.29) is 5.78 Å². The van der Waals surface area contributed by atoms with Crippen LogP contribution >= 0.6 is 0 Å². The molecule has 1 fully saturated rings. The van der Waals surface area contributed by atoms with Crippen molar-refractivity contribution < 1.29 is 9.53 Å². The third-order valence-electron chi connectivity index (χ3n) is 3.30. The van der Waals surface area contributed by atoms with Crippen LogP contribution in [0.1, 0.15) is 25.8 Å². The number of piperidine rings is 1. The molecule has 108 valence electrons. The van der Waals surface area contributed by atoms with Crippen LogP contribution in [0.15, 0.2) is 29.8 Å². The molecular weight excluding hydrogens is 250 g/mol. The number of hydrogen-bond donors (Lipinski definition) is 0. The van der Waals surface area contributed by atoms with Crippen LogP contribution < -0.4 is 4.74 Å². The SMILES string of the molecule is CC(C)COc1cccc(/C=C2\CN(C)CCC2=O)c1. The summed E-state index contributed by atoms with van der Waals surface area (Å²) in [6.45, 7) is 6.55. The van der Waals surface area contributed by atoms with E-state index >= 15 is 0 Å². The van der Waals surface area contributed by atoms with Crippen LogP contribution in [-0.2, 0) is 4.79 Å². The van der Waals surface area contributed by atoms with Crippen LogP contribution in [0.25, 0.3) is 6.08 Å². The van der Waals surface area contributed by atoms with E-state index in [1.165, 1.54) is 0 Å². The smallest absolute Gasteiger partial charge is 0.161 e. The quantitative estimate of drug-likeness (QED) is 0.790. The minimum atomic E-state index is 0.261. The first kappa shape index (κ1) is 14.8. The van der Waals surface area contributed by atoms with Crippen molar-refractivity contribution in [1.82, 2.24) is 4.90 Å². The Labute approximate surface area is 121 Å². The molecule has 0 amide bonds. The third-order valence-corrected chi connectivity index (χ3v) is 3.30. The first-order valence-corrected chi connectivity index (χ1v) is 7.20. The second-order valence-corrected chi connectivity index (χ2v) is 5.86. The van der Waals surface area contributed by atoms with Gasteiger partial charge in [0.1, 0.15) is 5.75 Å². The average molecular weight is 273 g/mol. The van der Waals surface area contributed by atoms with Crippen LogP contribution in [0.3, 0.4) is 0 Å². The highest BCUT2D eigenvalue weighted by molar-refractivity contribution is 6.00. The number of ether oxygens (including phenoxy) is 1. The van der Waals surface area contributed by atoms with Crippen molar-refractivity contribution in [3.8, 4) is 5.75 Å². The van der Waals surface area contributed by atoms with E-state index in [1.807, 2.05) is 37.4 Å². The molecule has 1 aromatic carbocycles. The Morgan fingerprint density at radius 2 is 2.20 bits per heavy atom. The number of likely N-dealkylation sites (tertiary alicyclic amines) is 1. The van der Waals surface area contributed by atoms with Gasteiger partial charge in [0.25, 0.3) is 0 Å². The molecule has 0 atom stereocenters. The average Bonchev–Trinajstić information content (AvgIpc) is 2.41. The maximum atomic E-state index is 11.9. The van der Waals surface area contributed by atoms with Crippen molar-refractivity contribution in [1.29, 1.82) is 0 Å². The molecular formula is C17H23NO2. The zero-order valence-corrected chi connectivity index (χ0v) is 12.6. The number of benzene rings is 1. The highest BCUT2D eigenvalue weighted by Crippen LogP contribution is 2.19. The number of nitrogens with zero attached hydrogens (tertiary/aromatic N) is 1. The number of carbonyl (C=O) groups is 1. The summed E-state index contributed by atoms with van der Waals surface area (Å²) in [5.41, 5.74) is 1.92. The molecule has 0 spiro atoms. The summed E-state index contributed by atoms with van der Waals surface area (Å²) in [4.78, 5) is 14.1. The molecule has 0 bridgehead atoms. The molecule has 0 N–H and O–H groups in total. The van der Waals surface area contributed by atoms with Gasteiger partial charge in [0.05, 0.1) is 6.61 Å². The Bertz CT molecular complexity index is 505. The molecule has 0 aliphatic carbocycles. The van der Waals surface area contributed by atoms with Gasteiger partial charge in [-0.1, -0.05) is 26.0 Å². The molecule has 0 radical (unpaired) electrons. The highest BCUT2D eigenvalue weighted by atomic mass is 16.5. The number of Topliss-reactive ketones (excluding diaryl/α,β-unsaturated/α-hetero) is 1. The van der Waals surface area contributed by atoms with Gasteiger partial charge in [-0.3, -0.25) is 4.79 Å². The van der Waals surface area contributed by atoms with Gasteiger partial charge in [-0.25, -0.2) is 0 Å². The Morgan fingerprint density at radius 1 is 1.40 bits per heavy atom. The fraction of sp³-hybridized carbons (Fsp3) is 0.471. The van der Waals surface area contributed by atoms with E-state index in [2.05, 4.69) is 18.7 Å². The van der Waals surface area contributed by atoms with Crippen LogP contribution in [0.4, 0.5) is 0 Å². The molecule has 0 saturated carbocycles. The molecule has 1 saturated heterocycles. The van der Waals surface area contributed by atoms with E-state index in [1.54, 1.807) is 0 Å². The van der Waals surface area contributed by atoms with Crippen LogP contribution in [-0.4, -0.2) is 37.4 Å². The first-order chi connectivity index (χ1) is 9.54. The van der Waals surface area contributed by atoms with Crippen molar-refractivity contribution in [2.24, 2.45) is 5.92 Å². The zero-order chi connectivity index (χ0) is 14.5. The fourth-order valence-electron chi connectivity index (χ4n) is 2.20. The number of carbonyl (C=O) groups excluding carboxylic acids is 1. The molecule has 1 aliphatic heterocycles. The Kier molecular flexibility index (Phi) is 4.96. The topological polar surface area (TPSA) is 29.5 Å². The van der Waals surface area contributed by atoms with Gasteiger partial charge in [-0.05, 0) is 36.7 Å². The zero-order valence-electron chi connectivity index (χ0n) is 12.6. The summed E-state index contributed by atoms with van der Waals surface area (Å²) in [5, 5.41) is 0. The maximum Gasteiger partial charge on any atom is 0.161 e. The molecule has 0 unspecified atom stereocenters.